The van der Waals surface area contributed by atoms with E-state index in [4.69, 9.17) is 4.74 Å². The Hall–Kier alpha value is -4.36. The van der Waals surface area contributed by atoms with E-state index in [1.807, 2.05) is 0 Å². The number of halogens is 5. The summed E-state index contributed by atoms with van der Waals surface area (Å²) in [7, 11) is 1.28. The number of carbonyl (C=O) groups excluding carboxylic acids is 1. The zero-order chi connectivity index (χ0) is 31.2. The van der Waals surface area contributed by atoms with Crippen LogP contribution in [0.15, 0.2) is 35.3 Å². The lowest BCUT2D eigenvalue weighted by molar-refractivity contribution is -0.274. The number of aromatic nitrogens is 1. The number of fused-ring (bicyclic) bond motifs is 1. The van der Waals surface area contributed by atoms with Crippen molar-refractivity contribution >= 4 is 28.5 Å². The van der Waals surface area contributed by atoms with E-state index < -0.39 is 53.4 Å². The molecule has 0 bridgehead atoms. The van der Waals surface area contributed by atoms with Gasteiger partial charge in [0.1, 0.15) is 23.2 Å². The maximum absolute atomic E-state index is 15.7. The first kappa shape index (κ1) is 30.1. The lowest BCUT2D eigenvalue weighted by atomic mass is 9.96. The van der Waals surface area contributed by atoms with Gasteiger partial charge in [-0.2, -0.15) is 0 Å². The topological polar surface area (TPSA) is 110 Å². The highest BCUT2D eigenvalue weighted by Gasteiger charge is 2.41. The van der Waals surface area contributed by atoms with E-state index in [1.54, 1.807) is 4.90 Å². The number of ether oxygens (including phenoxy) is 2. The fourth-order valence-electron chi connectivity index (χ4n) is 5.48. The molecule has 2 atom stereocenters. The van der Waals surface area contributed by atoms with Gasteiger partial charge < -0.3 is 29.4 Å². The SMILES string of the molecule is COc1c(N2CCC(C(=O)O)CC2)c(F)cc2c(=O)c(C(=O)NCc3ccc(OC(F)(F)F)cc3C)cn([C@@H]3C[C@@H]3F)c12. The number of piperidine rings is 1. The molecule has 230 valence electrons. The summed E-state index contributed by atoms with van der Waals surface area (Å²) in [5.74, 6) is -3.61. The van der Waals surface area contributed by atoms with Crippen molar-refractivity contribution in [3.8, 4) is 11.5 Å². The molecule has 0 spiro atoms. The maximum atomic E-state index is 15.7. The molecule has 0 radical (unpaired) electrons. The van der Waals surface area contributed by atoms with Crippen LogP contribution in [0, 0.1) is 18.7 Å². The minimum atomic E-state index is -4.86. The third-order valence-electron chi connectivity index (χ3n) is 7.83. The molecule has 1 amide bonds. The lowest BCUT2D eigenvalue weighted by Crippen LogP contribution is -2.37. The number of methoxy groups -OCH3 is 1. The van der Waals surface area contributed by atoms with Crippen LogP contribution in [0.5, 0.6) is 11.5 Å². The third-order valence-corrected chi connectivity index (χ3v) is 7.83. The van der Waals surface area contributed by atoms with Gasteiger partial charge >= 0.3 is 12.3 Å². The van der Waals surface area contributed by atoms with E-state index in [0.717, 1.165) is 18.2 Å². The van der Waals surface area contributed by atoms with E-state index in [-0.39, 0.29) is 66.8 Å². The second kappa shape index (κ2) is 11.4. The molecule has 14 heteroatoms. The van der Waals surface area contributed by atoms with Crippen LogP contribution in [-0.2, 0) is 11.3 Å². The molecular formula is C29H28F5N3O6. The van der Waals surface area contributed by atoms with E-state index in [2.05, 4.69) is 10.1 Å². The molecule has 2 N–H and O–H groups in total. The first-order valence-electron chi connectivity index (χ1n) is 13.5. The Morgan fingerprint density at radius 1 is 1.16 bits per heavy atom. The number of amides is 1. The summed E-state index contributed by atoms with van der Waals surface area (Å²) in [6.07, 6.45) is -4.28. The summed E-state index contributed by atoms with van der Waals surface area (Å²) >= 11 is 0. The normalized spacial score (nSPS) is 18.9. The van der Waals surface area contributed by atoms with Crippen LogP contribution in [0.2, 0.25) is 0 Å². The number of pyridine rings is 1. The number of carboxylic acids is 1. The molecule has 1 saturated carbocycles. The number of aliphatic carboxylic acids is 1. The maximum Gasteiger partial charge on any atom is 0.573 e. The van der Waals surface area contributed by atoms with Crippen molar-refractivity contribution in [2.45, 2.75) is 51.3 Å². The zero-order valence-electron chi connectivity index (χ0n) is 23.1. The minimum absolute atomic E-state index is 0.0219. The fourth-order valence-corrected chi connectivity index (χ4v) is 5.48. The van der Waals surface area contributed by atoms with Crippen LogP contribution in [0.25, 0.3) is 10.9 Å². The lowest BCUT2D eigenvalue weighted by Gasteiger charge is -2.33. The predicted octanol–water partition coefficient (Wildman–Crippen LogP) is 4.87. The van der Waals surface area contributed by atoms with Gasteiger partial charge in [-0.05, 0) is 49.1 Å². The van der Waals surface area contributed by atoms with Gasteiger partial charge in [-0.1, -0.05) is 6.07 Å². The largest absolute Gasteiger partial charge is 0.573 e. The molecule has 43 heavy (non-hydrogen) atoms. The van der Waals surface area contributed by atoms with Crippen LogP contribution >= 0.6 is 0 Å². The quantitative estimate of drug-likeness (QED) is 0.351. The van der Waals surface area contributed by atoms with Gasteiger partial charge in [0.05, 0.1) is 30.0 Å². The average Bonchev–Trinajstić information content (AvgIpc) is 3.67. The molecule has 1 aromatic heterocycles. The molecule has 1 aliphatic heterocycles. The van der Waals surface area contributed by atoms with Gasteiger partial charge in [0.25, 0.3) is 5.91 Å². The number of alkyl halides is 4. The number of hydrogen-bond donors (Lipinski definition) is 2. The Morgan fingerprint density at radius 2 is 1.84 bits per heavy atom. The average molecular weight is 610 g/mol. The van der Waals surface area contributed by atoms with Crippen molar-refractivity contribution < 1.29 is 46.1 Å². The standard InChI is InChI=1S/C29H28F5N3O6/c1-14-9-17(43-29(32,33)34)4-3-16(14)12-35-27(39)19-13-37(22-11-20(22)30)23-18(25(19)38)10-21(31)24(26(23)42-2)36-7-5-15(6-8-36)28(40)41/h3-4,9-10,13,15,20,22H,5-8,11-12H2,1-2H3,(H,35,39)(H,40,41)/t20-,22+/m0/s1. The Morgan fingerprint density at radius 3 is 2.40 bits per heavy atom. The summed E-state index contributed by atoms with van der Waals surface area (Å²) in [6, 6.07) is 3.84. The number of carboxylic acid groups (broad SMARTS) is 1. The van der Waals surface area contributed by atoms with Gasteiger partial charge in [0, 0.05) is 32.3 Å². The Balaban J connectivity index is 1.49. The second-order valence-electron chi connectivity index (χ2n) is 10.7. The van der Waals surface area contributed by atoms with E-state index in [1.165, 1.54) is 30.9 Å². The minimum Gasteiger partial charge on any atom is -0.492 e. The van der Waals surface area contributed by atoms with Gasteiger partial charge in [-0.3, -0.25) is 14.4 Å². The molecular weight excluding hydrogens is 581 g/mol. The summed E-state index contributed by atoms with van der Waals surface area (Å²) < 4.78 is 78.5. The van der Waals surface area contributed by atoms with Crippen LogP contribution < -0.4 is 25.1 Å². The summed E-state index contributed by atoms with van der Waals surface area (Å²) in [6.45, 7) is 1.82. The number of nitrogens with zero attached hydrogens (tertiary/aromatic N) is 2. The molecule has 5 rings (SSSR count). The van der Waals surface area contributed by atoms with E-state index >= 15 is 4.39 Å². The fraction of sp³-hybridized carbons (Fsp3) is 0.414. The number of hydrogen-bond acceptors (Lipinski definition) is 6. The highest BCUT2D eigenvalue weighted by Crippen LogP contribution is 2.45. The number of carbonyl (C=O) groups is 2. The predicted molar refractivity (Wildman–Crippen MR) is 145 cm³/mol. The van der Waals surface area contributed by atoms with Gasteiger partial charge in [-0.25, -0.2) is 8.78 Å². The summed E-state index contributed by atoms with van der Waals surface area (Å²) in [4.78, 5) is 39.7. The van der Waals surface area contributed by atoms with Crippen molar-refractivity contribution in [1.82, 2.24) is 9.88 Å². The molecule has 3 aromatic rings. The first-order valence-corrected chi connectivity index (χ1v) is 13.5. The first-order chi connectivity index (χ1) is 20.3. The Kier molecular flexibility index (Phi) is 7.97. The molecule has 9 nitrogen and oxygen atoms in total. The molecule has 2 fully saturated rings. The molecule has 0 unspecified atom stereocenters. The smallest absolute Gasteiger partial charge is 0.492 e. The van der Waals surface area contributed by atoms with Crippen LogP contribution in [0.1, 0.15) is 46.8 Å². The molecule has 2 aromatic carbocycles. The van der Waals surface area contributed by atoms with E-state index in [0.29, 0.717) is 11.1 Å². The molecule has 1 aliphatic carbocycles. The Bertz CT molecular complexity index is 1650. The van der Waals surface area contributed by atoms with Crippen molar-refractivity contribution in [3.63, 3.8) is 0 Å². The number of rotatable bonds is 8. The van der Waals surface area contributed by atoms with Gasteiger partial charge in [0.15, 0.2) is 11.6 Å². The highest BCUT2D eigenvalue weighted by atomic mass is 19.4. The van der Waals surface area contributed by atoms with Crippen molar-refractivity contribution in [3.05, 3.63) is 63.2 Å². The van der Waals surface area contributed by atoms with Crippen molar-refractivity contribution in [1.29, 1.82) is 0 Å². The summed E-state index contributed by atoms with van der Waals surface area (Å²) in [5.41, 5.74) is -0.214. The Labute approximate surface area is 241 Å². The number of nitrogens with one attached hydrogen (secondary N) is 1. The molecule has 2 heterocycles. The zero-order valence-corrected chi connectivity index (χ0v) is 23.1. The number of anilines is 1. The van der Waals surface area contributed by atoms with Gasteiger partial charge in [-0.15, -0.1) is 13.2 Å². The highest BCUT2D eigenvalue weighted by molar-refractivity contribution is 6.00. The number of benzene rings is 2. The third kappa shape index (κ3) is 6.09. The van der Waals surface area contributed by atoms with E-state index in [9.17, 15) is 37.1 Å². The second-order valence-corrected chi connectivity index (χ2v) is 10.7. The van der Waals surface area contributed by atoms with Crippen molar-refractivity contribution in [2.24, 2.45) is 5.92 Å². The monoisotopic (exact) mass is 609 g/mol. The molecule has 2 aliphatic rings. The summed E-state index contributed by atoms with van der Waals surface area (Å²) in [5, 5.41) is 11.7. The number of aryl methyl sites for hydroxylation is 1. The van der Waals surface area contributed by atoms with Crippen molar-refractivity contribution in [2.75, 3.05) is 25.1 Å². The van der Waals surface area contributed by atoms with Gasteiger partial charge in [0.2, 0.25) is 5.43 Å². The van der Waals surface area contributed by atoms with Crippen LogP contribution in [-0.4, -0.2) is 54.3 Å². The van der Waals surface area contributed by atoms with Crippen LogP contribution in [0.4, 0.5) is 27.6 Å². The molecule has 1 saturated heterocycles. The van der Waals surface area contributed by atoms with Crippen LogP contribution in [0.3, 0.4) is 0 Å².